The van der Waals surface area contributed by atoms with Gasteiger partial charge in [0.15, 0.2) is 0 Å². The number of hydrogen-bond donors (Lipinski definition) is 1. The van der Waals surface area contributed by atoms with Gasteiger partial charge in [0, 0.05) is 0 Å². The molecule has 2 nitrogen and oxygen atoms in total. The van der Waals surface area contributed by atoms with Crippen molar-refractivity contribution < 1.29 is 4.74 Å². The SMILES string of the molecule is CC(C)CCNCOC(C)(C)C. The number of rotatable bonds is 5. The van der Waals surface area contributed by atoms with Crippen LogP contribution in [0.25, 0.3) is 0 Å². The van der Waals surface area contributed by atoms with Gasteiger partial charge in [-0.3, -0.25) is 5.32 Å². The van der Waals surface area contributed by atoms with Gasteiger partial charge in [0.25, 0.3) is 0 Å². The summed E-state index contributed by atoms with van der Waals surface area (Å²) in [6, 6.07) is 0. The molecule has 0 aromatic rings. The highest BCUT2D eigenvalue weighted by Crippen LogP contribution is 2.04. The molecule has 74 valence electrons. The molecule has 0 amide bonds. The van der Waals surface area contributed by atoms with Crippen molar-refractivity contribution in [2.45, 2.75) is 46.6 Å². The summed E-state index contributed by atoms with van der Waals surface area (Å²) in [6.45, 7) is 12.4. The van der Waals surface area contributed by atoms with Gasteiger partial charge in [-0.1, -0.05) is 13.8 Å². The molecule has 0 saturated carbocycles. The highest BCUT2D eigenvalue weighted by molar-refractivity contribution is 4.58. The van der Waals surface area contributed by atoms with Gasteiger partial charge >= 0.3 is 0 Å². The predicted octanol–water partition coefficient (Wildman–Crippen LogP) is 2.39. The van der Waals surface area contributed by atoms with E-state index in [1.54, 1.807) is 0 Å². The van der Waals surface area contributed by atoms with Crippen molar-refractivity contribution >= 4 is 0 Å². The molecule has 0 aliphatic carbocycles. The molecule has 1 N–H and O–H groups in total. The Morgan fingerprint density at radius 3 is 2.25 bits per heavy atom. The fraction of sp³-hybridized carbons (Fsp3) is 1.00. The lowest BCUT2D eigenvalue weighted by Gasteiger charge is -2.19. The predicted molar refractivity (Wildman–Crippen MR) is 53.2 cm³/mol. The molecule has 0 heterocycles. The fourth-order valence-electron chi connectivity index (χ4n) is 0.730. The van der Waals surface area contributed by atoms with Crippen LogP contribution in [0.4, 0.5) is 0 Å². The largest absolute Gasteiger partial charge is 0.361 e. The Morgan fingerprint density at radius 1 is 1.25 bits per heavy atom. The fourth-order valence-corrected chi connectivity index (χ4v) is 0.730. The van der Waals surface area contributed by atoms with Crippen molar-refractivity contribution in [2.75, 3.05) is 13.3 Å². The zero-order chi connectivity index (χ0) is 9.61. The van der Waals surface area contributed by atoms with Crippen molar-refractivity contribution in [3.8, 4) is 0 Å². The lowest BCUT2D eigenvalue weighted by Crippen LogP contribution is -2.28. The molecule has 0 fully saturated rings. The first-order valence-corrected chi connectivity index (χ1v) is 4.76. The first-order valence-electron chi connectivity index (χ1n) is 4.76. The Labute approximate surface area is 76.7 Å². The van der Waals surface area contributed by atoms with Crippen LogP contribution in [0.15, 0.2) is 0 Å². The lowest BCUT2D eigenvalue weighted by molar-refractivity contribution is -0.0133. The number of nitrogens with one attached hydrogen (secondary N) is 1. The zero-order valence-corrected chi connectivity index (χ0v) is 9.11. The van der Waals surface area contributed by atoms with Gasteiger partial charge in [-0.25, -0.2) is 0 Å². The molecule has 0 aliphatic rings. The van der Waals surface area contributed by atoms with Crippen LogP contribution in [-0.4, -0.2) is 18.9 Å². The van der Waals surface area contributed by atoms with E-state index in [2.05, 4.69) is 39.9 Å². The van der Waals surface area contributed by atoms with Crippen molar-refractivity contribution in [3.05, 3.63) is 0 Å². The lowest BCUT2D eigenvalue weighted by atomic mass is 10.1. The second-order valence-corrected chi connectivity index (χ2v) is 4.58. The van der Waals surface area contributed by atoms with Gasteiger partial charge in [0.1, 0.15) is 0 Å². The van der Waals surface area contributed by atoms with Crippen LogP contribution in [0.5, 0.6) is 0 Å². The van der Waals surface area contributed by atoms with Crippen molar-refractivity contribution in [2.24, 2.45) is 5.92 Å². The maximum absolute atomic E-state index is 5.50. The third-order valence-corrected chi connectivity index (χ3v) is 1.51. The summed E-state index contributed by atoms with van der Waals surface area (Å²) < 4.78 is 5.50. The molecule has 0 aromatic heterocycles. The average molecular weight is 173 g/mol. The Kier molecular flexibility index (Phi) is 5.51. The second-order valence-electron chi connectivity index (χ2n) is 4.58. The molecular weight excluding hydrogens is 150 g/mol. The van der Waals surface area contributed by atoms with E-state index in [9.17, 15) is 0 Å². The molecule has 0 bridgehead atoms. The monoisotopic (exact) mass is 173 g/mol. The maximum atomic E-state index is 5.50. The summed E-state index contributed by atoms with van der Waals surface area (Å²) in [5, 5.41) is 3.25. The maximum Gasteiger partial charge on any atom is 0.0972 e. The molecule has 0 saturated heterocycles. The van der Waals surface area contributed by atoms with Crippen LogP contribution in [0.1, 0.15) is 41.0 Å². The molecular formula is C10H23NO. The summed E-state index contributed by atoms with van der Waals surface area (Å²) in [5.41, 5.74) is -0.0230. The Morgan fingerprint density at radius 2 is 1.83 bits per heavy atom. The van der Waals surface area contributed by atoms with Crippen molar-refractivity contribution in [1.29, 1.82) is 0 Å². The third kappa shape index (κ3) is 9.92. The van der Waals surface area contributed by atoms with Crippen LogP contribution in [0, 0.1) is 5.92 Å². The van der Waals surface area contributed by atoms with Crippen molar-refractivity contribution in [3.63, 3.8) is 0 Å². The number of ether oxygens (including phenoxy) is 1. The minimum absolute atomic E-state index is 0.0230. The normalized spacial score (nSPS) is 12.5. The van der Waals surface area contributed by atoms with E-state index in [0.717, 1.165) is 12.5 Å². The summed E-state index contributed by atoms with van der Waals surface area (Å²) in [5.74, 6) is 0.770. The van der Waals surface area contributed by atoms with E-state index in [1.807, 2.05) is 0 Å². The summed E-state index contributed by atoms with van der Waals surface area (Å²) >= 11 is 0. The zero-order valence-electron chi connectivity index (χ0n) is 9.11. The molecule has 0 rings (SSSR count). The van der Waals surface area contributed by atoms with Gasteiger partial charge in [-0.05, 0) is 39.7 Å². The third-order valence-electron chi connectivity index (χ3n) is 1.51. The van der Waals surface area contributed by atoms with E-state index in [1.165, 1.54) is 6.42 Å². The van der Waals surface area contributed by atoms with Gasteiger partial charge in [0.05, 0.1) is 12.3 Å². The van der Waals surface area contributed by atoms with Crippen LogP contribution in [0.2, 0.25) is 0 Å². The van der Waals surface area contributed by atoms with E-state index in [0.29, 0.717) is 6.73 Å². The summed E-state index contributed by atoms with van der Waals surface area (Å²) in [7, 11) is 0. The second kappa shape index (κ2) is 5.55. The Hall–Kier alpha value is -0.0800. The van der Waals surface area contributed by atoms with E-state index >= 15 is 0 Å². The van der Waals surface area contributed by atoms with Crippen molar-refractivity contribution in [1.82, 2.24) is 5.32 Å². The molecule has 2 heteroatoms. The molecule has 0 atom stereocenters. The highest BCUT2D eigenvalue weighted by atomic mass is 16.5. The molecule has 12 heavy (non-hydrogen) atoms. The van der Waals surface area contributed by atoms with Gasteiger partial charge in [-0.15, -0.1) is 0 Å². The van der Waals surface area contributed by atoms with Gasteiger partial charge in [-0.2, -0.15) is 0 Å². The summed E-state index contributed by atoms with van der Waals surface area (Å²) in [4.78, 5) is 0. The Balaban J connectivity index is 3.12. The van der Waals surface area contributed by atoms with Crippen LogP contribution in [0.3, 0.4) is 0 Å². The van der Waals surface area contributed by atoms with E-state index in [-0.39, 0.29) is 5.60 Å². The quantitative estimate of drug-likeness (QED) is 0.509. The Bertz CT molecular complexity index is 105. The van der Waals surface area contributed by atoms with Crippen LogP contribution < -0.4 is 5.32 Å². The summed E-state index contributed by atoms with van der Waals surface area (Å²) in [6.07, 6.45) is 1.22. The van der Waals surface area contributed by atoms with Gasteiger partial charge in [0.2, 0.25) is 0 Å². The van der Waals surface area contributed by atoms with Crippen LogP contribution >= 0.6 is 0 Å². The smallest absolute Gasteiger partial charge is 0.0972 e. The topological polar surface area (TPSA) is 21.3 Å². The standard InChI is InChI=1S/C10H23NO/c1-9(2)6-7-11-8-12-10(3,4)5/h9,11H,6-8H2,1-5H3. The minimum atomic E-state index is -0.0230. The molecule has 0 aromatic carbocycles. The first kappa shape index (κ1) is 11.9. The molecule has 0 radical (unpaired) electrons. The van der Waals surface area contributed by atoms with Crippen LogP contribution in [-0.2, 0) is 4.74 Å². The highest BCUT2D eigenvalue weighted by Gasteiger charge is 2.08. The average Bonchev–Trinajstić information content (AvgIpc) is 1.83. The van der Waals surface area contributed by atoms with Gasteiger partial charge < -0.3 is 4.74 Å². The molecule has 0 unspecified atom stereocenters. The van der Waals surface area contributed by atoms with E-state index < -0.39 is 0 Å². The number of hydrogen-bond acceptors (Lipinski definition) is 2. The molecule has 0 spiro atoms. The minimum Gasteiger partial charge on any atom is -0.361 e. The van der Waals surface area contributed by atoms with E-state index in [4.69, 9.17) is 4.74 Å². The molecule has 0 aliphatic heterocycles. The first-order chi connectivity index (χ1) is 5.42.